The van der Waals surface area contributed by atoms with Gasteiger partial charge in [0.2, 0.25) is 0 Å². The van der Waals surface area contributed by atoms with Crippen LogP contribution in [-0.2, 0) is 12.8 Å². The molecule has 5 rings (SSSR count). The van der Waals surface area contributed by atoms with Gasteiger partial charge in [-0.1, -0.05) is 30.3 Å². The molecule has 0 amide bonds. The van der Waals surface area contributed by atoms with Gasteiger partial charge in [0.25, 0.3) is 5.56 Å². The van der Waals surface area contributed by atoms with Gasteiger partial charge in [-0.2, -0.15) is 5.10 Å². The molecule has 124 valence electrons. The van der Waals surface area contributed by atoms with Gasteiger partial charge in [0, 0.05) is 4.88 Å². The standard InChI is InChI=1S/C18H15N5OS/c24-17-14-12-7-6-11(10-4-2-1-3-5-10)8-13(12)25-18(14)22-16(21-17)15-19-9-20-23-15/h1-5,9,11H,6-8H2,(H,19,20,23)(H,21,22,24)/t11-/m1/s1. The molecule has 2 N–H and O–H groups in total. The molecule has 0 saturated heterocycles. The third-order valence-electron chi connectivity index (χ3n) is 4.83. The summed E-state index contributed by atoms with van der Waals surface area (Å²) >= 11 is 1.63. The van der Waals surface area contributed by atoms with Crippen LogP contribution in [0.4, 0.5) is 0 Å². The number of nitrogens with one attached hydrogen (secondary N) is 2. The molecule has 1 aliphatic carbocycles. The molecule has 1 aromatic carbocycles. The summed E-state index contributed by atoms with van der Waals surface area (Å²) in [6, 6.07) is 10.6. The number of aromatic nitrogens is 5. The van der Waals surface area contributed by atoms with E-state index in [2.05, 4.69) is 49.4 Å². The Balaban J connectivity index is 1.60. The summed E-state index contributed by atoms with van der Waals surface area (Å²) in [6.45, 7) is 0. The van der Waals surface area contributed by atoms with Gasteiger partial charge < -0.3 is 4.98 Å². The molecule has 0 saturated carbocycles. The van der Waals surface area contributed by atoms with Crippen LogP contribution in [0.5, 0.6) is 0 Å². The molecular formula is C18H15N5OS. The maximum Gasteiger partial charge on any atom is 0.260 e. The predicted octanol–water partition coefficient (Wildman–Crippen LogP) is 3.04. The zero-order valence-corrected chi connectivity index (χ0v) is 14.1. The van der Waals surface area contributed by atoms with E-state index in [1.54, 1.807) is 11.3 Å². The first-order valence-corrected chi connectivity index (χ1v) is 9.06. The summed E-state index contributed by atoms with van der Waals surface area (Å²) in [4.78, 5) is 26.2. The Hall–Kier alpha value is -2.80. The Morgan fingerprint density at radius 1 is 1.16 bits per heavy atom. The fraction of sp³-hybridized carbons (Fsp3) is 0.222. The molecular weight excluding hydrogens is 334 g/mol. The van der Waals surface area contributed by atoms with E-state index in [-0.39, 0.29) is 5.56 Å². The highest BCUT2D eigenvalue weighted by atomic mass is 32.1. The van der Waals surface area contributed by atoms with Gasteiger partial charge in [0.05, 0.1) is 5.39 Å². The quantitative estimate of drug-likeness (QED) is 0.582. The van der Waals surface area contributed by atoms with Crippen LogP contribution in [0.2, 0.25) is 0 Å². The first-order chi connectivity index (χ1) is 12.3. The molecule has 25 heavy (non-hydrogen) atoms. The van der Waals surface area contributed by atoms with E-state index in [9.17, 15) is 4.79 Å². The van der Waals surface area contributed by atoms with Gasteiger partial charge in [-0.25, -0.2) is 9.97 Å². The van der Waals surface area contributed by atoms with Crippen LogP contribution in [-0.4, -0.2) is 25.1 Å². The van der Waals surface area contributed by atoms with Gasteiger partial charge in [0.1, 0.15) is 11.2 Å². The number of thiophene rings is 1. The number of nitrogens with zero attached hydrogens (tertiary/aromatic N) is 3. The van der Waals surface area contributed by atoms with Crippen molar-refractivity contribution in [3.8, 4) is 11.6 Å². The van der Waals surface area contributed by atoms with Crippen molar-refractivity contribution in [2.24, 2.45) is 0 Å². The van der Waals surface area contributed by atoms with Crippen LogP contribution < -0.4 is 5.56 Å². The SMILES string of the molecule is O=c1[nH]c(-c2ncn[nH]2)nc2sc3c(c12)CC[C@@H](c1ccccc1)C3. The zero-order chi connectivity index (χ0) is 16.8. The van der Waals surface area contributed by atoms with E-state index < -0.39 is 0 Å². The maximum absolute atomic E-state index is 12.6. The minimum Gasteiger partial charge on any atom is -0.303 e. The van der Waals surface area contributed by atoms with Crippen LogP contribution in [0.3, 0.4) is 0 Å². The Morgan fingerprint density at radius 3 is 2.84 bits per heavy atom. The average Bonchev–Trinajstić information content (AvgIpc) is 3.29. The smallest absolute Gasteiger partial charge is 0.260 e. The van der Waals surface area contributed by atoms with E-state index in [0.29, 0.717) is 17.6 Å². The molecule has 0 aliphatic heterocycles. The molecule has 0 fully saturated rings. The van der Waals surface area contributed by atoms with Crippen molar-refractivity contribution in [1.82, 2.24) is 25.1 Å². The van der Waals surface area contributed by atoms with Crippen LogP contribution >= 0.6 is 11.3 Å². The van der Waals surface area contributed by atoms with Crippen molar-refractivity contribution in [3.05, 3.63) is 63.0 Å². The largest absolute Gasteiger partial charge is 0.303 e. The molecule has 3 aromatic heterocycles. The van der Waals surface area contributed by atoms with Crippen LogP contribution in [0, 0.1) is 0 Å². The van der Waals surface area contributed by atoms with E-state index in [1.165, 1.54) is 22.3 Å². The number of hydrogen-bond donors (Lipinski definition) is 2. The molecule has 0 unspecified atom stereocenters. The van der Waals surface area contributed by atoms with Crippen molar-refractivity contribution in [2.75, 3.05) is 0 Å². The number of fused-ring (bicyclic) bond motifs is 3. The Kier molecular flexibility index (Phi) is 3.27. The van der Waals surface area contributed by atoms with E-state index in [0.717, 1.165) is 29.5 Å². The zero-order valence-electron chi connectivity index (χ0n) is 13.3. The lowest BCUT2D eigenvalue weighted by atomic mass is 9.83. The first-order valence-electron chi connectivity index (χ1n) is 8.25. The lowest BCUT2D eigenvalue weighted by molar-refractivity contribution is 0.595. The number of hydrogen-bond acceptors (Lipinski definition) is 5. The third-order valence-corrected chi connectivity index (χ3v) is 5.98. The van der Waals surface area contributed by atoms with E-state index in [4.69, 9.17) is 0 Å². The molecule has 0 radical (unpaired) electrons. The highest BCUT2D eigenvalue weighted by molar-refractivity contribution is 7.18. The van der Waals surface area contributed by atoms with Crippen molar-refractivity contribution >= 4 is 21.6 Å². The second kappa shape index (κ2) is 5.63. The number of rotatable bonds is 2. The van der Waals surface area contributed by atoms with Crippen LogP contribution in [0.25, 0.3) is 21.9 Å². The normalized spacial score (nSPS) is 16.9. The summed E-state index contributed by atoms with van der Waals surface area (Å²) < 4.78 is 0. The van der Waals surface area contributed by atoms with Gasteiger partial charge in [-0.05, 0) is 36.3 Å². The topological polar surface area (TPSA) is 87.3 Å². The van der Waals surface area contributed by atoms with Crippen molar-refractivity contribution < 1.29 is 0 Å². The Labute approximate surface area is 147 Å². The van der Waals surface area contributed by atoms with Gasteiger partial charge >= 0.3 is 0 Å². The first kappa shape index (κ1) is 14.5. The average molecular weight is 349 g/mol. The van der Waals surface area contributed by atoms with Gasteiger partial charge in [-0.15, -0.1) is 11.3 Å². The minimum atomic E-state index is -0.0907. The van der Waals surface area contributed by atoms with Crippen molar-refractivity contribution in [2.45, 2.75) is 25.2 Å². The van der Waals surface area contributed by atoms with Crippen LogP contribution in [0.15, 0.2) is 41.5 Å². The highest BCUT2D eigenvalue weighted by Gasteiger charge is 2.26. The summed E-state index contributed by atoms with van der Waals surface area (Å²) in [6.07, 6.45) is 4.36. The summed E-state index contributed by atoms with van der Waals surface area (Å²) in [5, 5.41) is 7.31. The maximum atomic E-state index is 12.6. The fourth-order valence-electron chi connectivity index (χ4n) is 3.63. The lowest BCUT2D eigenvalue weighted by Gasteiger charge is -2.22. The number of H-pyrrole nitrogens is 2. The summed E-state index contributed by atoms with van der Waals surface area (Å²) in [5.41, 5.74) is 2.45. The molecule has 1 aliphatic rings. The lowest BCUT2D eigenvalue weighted by Crippen LogP contribution is -2.14. The molecule has 4 aromatic rings. The number of aryl methyl sites for hydroxylation is 1. The minimum absolute atomic E-state index is 0.0907. The highest BCUT2D eigenvalue weighted by Crippen LogP contribution is 2.39. The van der Waals surface area contributed by atoms with Crippen LogP contribution in [0.1, 0.15) is 28.3 Å². The second-order valence-electron chi connectivity index (χ2n) is 6.28. The molecule has 7 heteroatoms. The third kappa shape index (κ3) is 2.39. The molecule has 1 atom stereocenters. The van der Waals surface area contributed by atoms with Crippen molar-refractivity contribution in [3.63, 3.8) is 0 Å². The second-order valence-corrected chi connectivity index (χ2v) is 7.37. The molecule has 0 spiro atoms. The number of aromatic amines is 2. The Morgan fingerprint density at radius 2 is 2.04 bits per heavy atom. The van der Waals surface area contributed by atoms with Crippen molar-refractivity contribution in [1.29, 1.82) is 0 Å². The molecule has 3 heterocycles. The van der Waals surface area contributed by atoms with Gasteiger partial charge in [0.15, 0.2) is 11.6 Å². The predicted molar refractivity (Wildman–Crippen MR) is 96.8 cm³/mol. The molecule has 6 nitrogen and oxygen atoms in total. The fourth-order valence-corrected chi connectivity index (χ4v) is 4.93. The summed E-state index contributed by atoms with van der Waals surface area (Å²) in [5.74, 6) is 1.43. The number of benzene rings is 1. The Bertz CT molecular complexity index is 1100. The monoisotopic (exact) mass is 349 g/mol. The van der Waals surface area contributed by atoms with Gasteiger partial charge in [-0.3, -0.25) is 9.89 Å². The van der Waals surface area contributed by atoms with E-state index >= 15 is 0 Å². The summed E-state index contributed by atoms with van der Waals surface area (Å²) in [7, 11) is 0. The van der Waals surface area contributed by atoms with E-state index in [1.807, 2.05) is 6.07 Å². The molecule has 0 bridgehead atoms.